The van der Waals surface area contributed by atoms with Gasteiger partial charge in [-0.2, -0.15) is 0 Å². The monoisotopic (exact) mass is 358 g/mol. The van der Waals surface area contributed by atoms with Crippen molar-refractivity contribution in [2.45, 2.75) is 25.4 Å². The molecular weight excluding hydrogens is 336 g/mol. The molecule has 25 heavy (non-hydrogen) atoms. The number of likely N-dealkylation sites (tertiary alicyclic amines) is 1. The van der Waals surface area contributed by atoms with Crippen LogP contribution in [0.5, 0.6) is 5.75 Å². The molecule has 132 valence electrons. The molecular formula is C18H22N4O2S. The van der Waals surface area contributed by atoms with E-state index in [0.29, 0.717) is 24.3 Å². The Hall–Kier alpha value is -1.96. The first-order chi connectivity index (χ1) is 12.2. The minimum absolute atomic E-state index is 0.0393. The maximum Gasteiger partial charge on any atom is 0.273 e. The fraction of sp³-hybridized carbons (Fsp3) is 0.444. The highest BCUT2D eigenvalue weighted by Crippen LogP contribution is 2.26. The number of hydrogen-bond donors (Lipinski definition) is 2. The number of para-hydroxylation sites is 1. The van der Waals surface area contributed by atoms with E-state index in [1.165, 1.54) is 11.3 Å². The van der Waals surface area contributed by atoms with Gasteiger partial charge < -0.3 is 9.64 Å². The molecule has 3 unspecified atom stereocenters. The van der Waals surface area contributed by atoms with E-state index in [1.54, 1.807) is 0 Å². The molecule has 7 heteroatoms. The third-order valence-electron chi connectivity index (χ3n) is 4.93. The second-order valence-corrected chi connectivity index (χ2v) is 7.64. The number of fused-ring (bicyclic) bond motifs is 1. The standard InChI is InChI=1S/C18H22N4O2S/c1-12-19-17(11-25-12)18(23)22-8-7-15-14(9-22)16(21-20-15)10-24-13-5-3-2-4-6-13/h2-6,11,14-16,20-21H,7-10H2,1H3. The summed E-state index contributed by atoms with van der Waals surface area (Å²) in [5, 5.41) is 2.78. The Bertz CT molecular complexity index is 736. The lowest BCUT2D eigenvalue weighted by molar-refractivity contribution is 0.0635. The number of ether oxygens (including phenoxy) is 1. The van der Waals surface area contributed by atoms with Gasteiger partial charge in [-0.3, -0.25) is 15.6 Å². The van der Waals surface area contributed by atoms with Gasteiger partial charge in [0.2, 0.25) is 0 Å². The number of carbonyl (C=O) groups is 1. The summed E-state index contributed by atoms with van der Waals surface area (Å²) in [4.78, 5) is 19.0. The minimum Gasteiger partial charge on any atom is -0.492 e. The maximum atomic E-state index is 12.7. The van der Waals surface area contributed by atoms with Gasteiger partial charge >= 0.3 is 0 Å². The van der Waals surface area contributed by atoms with Crippen molar-refractivity contribution in [3.05, 3.63) is 46.4 Å². The first-order valence-electron chi connectivity index (χ1n) is 8.61. The molecule has 0 aliphatic carbocycles. The highest BCUT2D eigenvalue weighted by molar-refractivity contribution is 7.09. The molecule has 0 saturated carbocycles. The van der Waals surface area contributed by atoms with Crippen LogP contribution in [0.4, 0.5) is 0 Å². The number of aryl methyl sites for hydroxylation is 1. The van der Waals surface area contributed by atoms with Gasteiger partial charge in [-0.1, -0.05) is 18.2 Å². The van der Waals surface area contributed by atoms with Crippen LogP contribution >= 0.6 is 11.3 Å². The summed E-state index contributed by atoms with van der Waals surface area (Å²) >= 11 is 1.52. The first-order valence-corrected chi connectivity index (χ1v) is 9.49. The van der Waals surface area contributed by atoms with Crippen LogP contribution in [-0.4, -0.2) is 47.6 Å². The topological polar surface area (TPSA) is 66.5 Å². The molecule has 3 atom stereocenters. The second kappa shape index (κ2) is 7.11. The smallest absolute Gasteiger partial charge is 0.273 e. The number of carbonyl (C=O) groups excluding carboxylic acids is 1. The quantitative estimate of drug-likeness (QED) is 0.873. The van der Waals surface area contributed by atoms with E-state index < -0.39 is 0 Å². The van der Waals surface area contributed by atoms with Gasteiger partial charge in [-0.05, 0) is 25.5 Å². The Morgan fingerprint density at radius 2 is 2.20 bits per heavy atom. The molecule has 2 saturated heterocycles. The van der Waals surface area contributed by atoms with Gasteiger partial charge in [0.25, 0.3) is 5.91 Å². The number of rotatable bonds is 4. The number of hydrogen-bond acceptors (Lipinski definition) is 6. The molecule has 6 nitrogen and oxygen atoms in total. The van der Waals surface area contributed by atoms with E-state index in [9.17, 15) is 4.79 Å². The molecule has 2 N–H and O–H groups in total. The van der Waals surface area contributed by atoms with Gasteiger partial charge in [0.1, 0.15) is 18.1 Å². The Labute approximate surface area is 151 Å². The lowest BCUT2D eigenvalue weighted by Crippen LogP contribution is -2.49. The van der Waals surface area contributed by atoms with Crippen LogP contribution in [0, 0.1) is 12.8 Å². The molecule has 2 aliphatic heterocycles. The van der Waals surface area contributed by atoms with Crippen molar-refractivity contribution in [1.82, 2.24) is 20.7 Å². The van der Waals surface area contributed by atoms with E-state index in [4.69, 9.17) is 4.74 Å². The molecule has 2 fully saturated rings. The Morgan fingerprint density at radius 1 is 1.36 bits per heavy atom. The molecule has 1 amide bonds. The molecule has 3 heterocycles. The number of thiazole rings is 1. The predicted octanol–water partition coefficient (Wildman–Crippen LogP) is 1.84. The highest BCUT2D eigenvalue weighted by atomic mass is 32.1. The summed E-state index contributed by atoms with van der Waals surface area (Å²) in [6.07, 6.45) is 0.939. The van der Waals surface area contributed by atoms with Crippen LogP contribution in [0.1, 0.15) is 21.9 Å². The Morgan fingerprint density at radius 3 is 2.96 bits per heavy atom. The average Bonchev–Trinajstić information content (AvgIpc) is 3.26. The molecule has 4 rings (SSSR count). The second-order valence-electron chi connectivity index (χ2n) is 6.58. The lowest BCUT2D eigenvalue weighted by Gasteiger charge is -2.35. The molecule has 1 aromatic heterocycles. The Balaban J connectivity index is 1.39. The van der Waals surface area contributed by atoms with E-state index in [2.05, 4.69) is 15.8 Å². The van der Waals surface area contributed by atoms with Gasteiger partial charge in [0.15, 0.2) is 0 Å². The zero-order valence-corrected chi connectivity index (χ0v) is 15.0. The zero-order valence-electron chi connectivity index (χ0n) is 14.1. The number of nitrogens with zero attached hydrogens (tertiary/aromatic N) is 2. The summed E-state index contributed by atoms with van der Waals surface area (Å²) in [5.74, 6) is 1.24. The third kappa shape index (κ3) is 3.53. The predicted molar refractivity (Wildman–Crippen MR) is 96.6 cm³/mol. The molecule has 0 radical (unpaired) electrons. The summed E-state index contributed by atoms with van der Waals surface area (Å²) in [6.45, 7) is 3.99. The minimum atomic E-state index is 0.0393. The summed E-state index contributed by atoms with van der Waals surface area (Å²) in [5.41, 5.74) is 7.28. The summed E-state index contributed by atoms with van der Waals surface area (Å²) in [6, 6.07) is 10.4. The average molecular weight is 358 g/mol. The van der Waals surface area contributed by atoms with E-state index in [-0.39, 0.29) is 11.9 Å². The van der Waals surface area contributed by atoms with Gasteiger partial charge in [0.05, 0.1) is 11.0 Å². The molecule has 2 aliphatic rings. The van der Waals surface area contributed by atoms with Crippen molar-refractivity contribution in [3.63, 3.8) is 0 Å². The van der Waals surface area contributed by atoms with Crippen LogP contribution in [0.25, 0.3) is 0 Å². The van der Waals surface area contributed by atoms with E-state index in [1.807, 2.05) is 47.5 Å². The molecule has 1 aromatic carbocycles. The van der Waals surface area contributed by atoms with Crippen molar-refractivity contribution in [1.29, 1.82) is 0 Å². The largest absolute Gasteiger partial charge is 0.492 e. The van der Waals surface area contributed by atoms with Gasteiger partial charge in [-0.25, -0.2) is 4.98 Å². The van der Waals surface area contributed by atoms with E-state index >= 15 is 0 Å². The number of nitrogens with one attached hydrogen (secondary N) is 2. The summed E-state index contributed by atoms with van der Waals surface area (Å²) < 4.78 is 5.91. The number of piperidine rings is 1. The number of benzene rings is 1. The molecule has 0 spiro atoms. The summed E-state index contributed by atoms with van der Waals surface area (Å²) in [7, 11) is 0. The van der Waals surface area contributed by atoms with Crippen molar-refractivity contribution in [2.24, 2.45) is 5.92 Å². The zero-order chi connectivity index (χ0) is 17.2. The van der Waals surface area contributed by atoms with Crippen LogP contribution in [0.15, 0.2) is 35.7 Å². The van der Waals surface area contributed by atoms with Gasteiger partial charge in [-0.15, -0.1) is 11.3 Å². The normalized spacial score (nSPS) is 25.6. The maximum absolute atomic E-state index is 12.7. The molecule has 2 aromatic rings. The number of aromatic nitrogens is 1. The first kappa shape index (κ1) is 16.5. The van der Waals surface area contributed by atoms with Crippen LogP contribution in [-0.2, 0) is 0 Å². The van der Waals surface area contributed by atoms with E-state index in [0.717, 1.165) is 30.3 Å². The SMILES string of the molecule is Cc1nc(C(=O)N2CCC3NNC(COc4ccccc4)C3C2)cs1. The van der Waals surface area contributed by atoms with Crippen molar-refractivity contribution < 1.29 is 9.53 Å². The van der Waals surface area contributed by atoms with Crippen molar-refractivity contribution >= 4 is 17.2 Å². The van der Waals surface area contributed by atoms with Crippen LogP contribution in [0.2, 0.25) is 0 Å². The lowest BCUT2D eigenvalue weighted by atomic mass is 9.88. The fourth-order valence-electron chi connectivity index (χ4n) is 3.57. The van der Waals surface area contributed by atoms with Crippen LogP contribution < -0.4 is 15.6 Å². The van der Waals surface area contributed by atoms with Gasteiger partial charge in [0, 0.05) is 30.4 Å². The Kier molecular flexibility index (Phi) is 4.70. The highest BCUT2D eigenvalue weighted by Gasteiger charge is 2.41. The van der Waals surface area contributed by atoms with Crippen LogP contribution in [0.3, 0.4) is 0 Å². The van der Waals surface area contributed by atoms with Crippen molar-refractivity contribution in [3.8, 4) is 5.75 Å². The fourth-order valence-corrected chi connectivity index (χ4v) is 4.15. The third-order valence-corrected chi connectivity index (χ3v) is 5.70. The number of amides is 1. The van der Waals surface area contributed by atoms with Crippen molar-refractivity contribution in [2.75, 3.05) is 19.7 Å². The molecule has 0 bridgehead atoms. The number of hydrazine groups is 1.